The van der Waals surface area contributed by atoms with Crippen LogP contribution >= 0.6 is 0 Å². The molecule has 2 aromatic rings. The minimum Gasteiger partial charge on any atom is -0.354 e. The molecule has 0 saturated carbocycles. The lowest BCUT2D eigenvalue weighted by Crippen LogP contribution is -2.44. The Balaban J connectivity index is 1.87. The molecule has 2 aliphatic rings. The van der Waals surface area contributed by atoms with Gasteiger partial charge in [-0.05, 0) is 11.1 Å². The van der Waals surface area contributed by atoms with Gasteiger partial charge in [0.1, 0.15) is 5.41 Å². The molecule has 0 radical (unpaired) electrons. The van der Waals surface area contributed by atoms with Crippen LogP contribution in [-0.4, -0.2) is 24.9 Å². The van der Waals surface area contributed by atoms with E-state index in [-0.39, 0.29) is 23.7 Å². The van der Waals surface area contributed by atoms with Crippen molar-refractivity contribution in [1.29, 1.82) is 0 Å². The maximum absolute atomic E-state index is 12.8. The lowest BCUT2D eigenvalue weighted by atomic mass is 9.65. The monoisotopic (exact) mass is 306 g/mol. The Kier molecular flexibility index (Phi) is 3.18. The van der Waals surface area contributed by atoms with Crippen LogP contribution in [0.3, 0.4) is 0 Å². The Morgan fingerprint density at radius 2 is 1.09 bits per heavy atom. The molecule has 2 N–H and O–H groups in total. The summed E-state index contributed by atoms with van der Waals surface area (Å²) >= 11 is 0. The maximum atomic E-state index is 12.8. The van der Waals surface area contributed by atoms with E-state index in [0.29, 0.717) is 13.1 Å². The first-order valence-electron chi connectivity index (χ1n) is 7.91. The molecule has 0 aliphatic carbocycles. The summed E-state index contributed by atoms with van der Waals surface area (Å²) in [4.78, 5) is 25.6. The first-order valence-corrected chi connectivity index (χ1v) is 7.91. The molecule has 4 rings (SSSR count). The van der Waals surface area contributed by atoms with Gasteiger partial charge >= 0.3 is 0 Å². The second-order valence-electron chi connectivity index (χ2n) is 6.22. The van der Waals surface area contributed by atoms with Gasteiger partial charge in [0.25, 0.3) is 0 Å². The minimum absolute atomic E-state index is 0.149. The maximum Gasteiger partial charge on any atom is 0.237 e. The molecular formula is C19H18N2O2. The standard InChI is InChI=1S/C19H18N2O2/c22-17-19(15(11-20-17)13-7-3-1-4-8-13)16(12-21-18(19)23)14-9-5-2-6-10-14/h1-10,15-16H,11-12H2,(H,20,22)(H,21,23)/t15-,16-,19?/m1/s1. The molecule has 4 heteroatoms. The van der Waals surface area contributed by atoms with Gasteiger partial charge in [-0.1, -0.05) is 60.7 Å². The van der Waals surface area contributed by atoms with Gasteiger partial charge in [0.05, 0.1) is 0 Å². The molecule has 2 heterocycles. The van der Waals surface area contributed by atoms with Gasteiger partial charge < -0.3 is 10.6 Å². The SMILES string of the molecule is O=C1NC[C@H](c2ccccc2)C12C(=O)NC[C@@H]2c1ccccc1. The summed E-state index contributed by atoms with van der Waals surface area (Å²) < 4.78 is 0. The Labute approximate surface area is 134 Å². The summed E-state index contributed by atoms with van der Waals surface area (Å²) in [5.41, 5.74) is 1.01. The number of nitrogens with one attached hydrogen (secondary N) is 2. The van der Waals surface area contributed by atoms with Crippen LogP contribution < -0.4 is 10.6 Å². The van der Waals surface area contributed by atoms with Crippen molar-refractivity contribution in [3.05, 3.63) is 71.8 Å². The quantitative estimate of drug-likeness (QED) is 0.831. The highest BCUT2D eigenvalue weighted by Crippen LogP contribution is 2.52. The highest BCUT2D eigenvalue weighted by Gasteiger charge is 2.64. The Morgan fingerprint density at radius 3 is 1.48 bits per heavy atom. The van der Waals surface area contributed by atoms with E-state index < -0.39 is 5.41 Å². The molecule has 2 amide bonds. The molecular weight excluding hydrogens is 288 g/mol. The number of hydrogen-bond acceptors (Lipinski definition) is 2. The third kappa shape index (κ3) is 1.91. The highest BCUT2D eigenvalue weighted by molar-refractivity contribution is 6.10. The van der Waals surface area contributed by atoms with Crippen molar-refractivity contribution in [2.75, 3.05) is 13.1 Å². The van der Waals surface area contributed by atoms with Crippen LogP contribution in [0.15, 0.2) is 60.7 Å². The number of amides is 2. The molecule has 4 nitrogen and oxygen atoms in total. The Morgan fingerprint density at radius 1 is 0.696 bits per heavy atom. The largest absolute Gasteiger partial charge is 0.354 e. The minimum atomic E-state index is -1.05. The fourth-order valence-corrected chi connectivity index (χ4v) is 4.12. The van der Waals surface area contributed by atoms with Gasteiger partial charge in [-0.3, -0.25) is 9.59 Å². The van der Waals surface area contributed by atoms with Gasteiger partial charge in [0, 0.05) is 24.9 Å². The van der Waals surface area contributed by atoms with Crippen molar-refractivity contribution in [2.24, 2.45) is 5.41 Å². The van der Waals surface area contributed by atoms with Crippen LogP contribution in [0.25, 0.3) is 0 Å². The van der Waals surface area contributed by atoms with E-state index >= 15 is 0 Å². The van der Waals surface area contributed by atoms with Crippen LogP contribution in [0.4, 0.5) is 0 Å². The molecule has 2 aliphatic heterocycles. The van der Waals surface area contributed by atoms with Crippen LogP contribution in [0, 0.1) is 5.41 Å². The van der Waals surface area contributed by atoms with Gasteiger partial charge in [-0.2, -0.15) is 0 Å². The third-order valence-electron chi connectivity index (χ3n) is 5.19. The van der Waals surface area contributed by atoms with Crippen molar-refractivity contribution in [3.8, 4) is 0 Å². The summed E-state index contributed by atoms with van der Waals surface area (Å²) in [7, 11) is 0. The fraction of sp³-hybridized carbons (Fsp3) is 0.263. The van der Waals surface area contributed by atoms with E-state index in [1.165, 1.54) is 0 Å². The van der Waals surface area contributed by atoms with Crippen molar-refractivity contribution in [3.63, 3.8) is 0 Å². The fourth-order valence-electron chi connectivity index (χ4n) is 4.12. The van der Waals surface area contributed by atoms with E-state index in [2.05, 4.69) is 10.6 Å². The summed E-state index contributed by atoms with van der Waals surface area (Å²) in [5, 5.41) is 5.86. The summed E-state index contributed by atoms with van der Waals surface area (Å²) in [5.74, 6) is -0.613. The average Bonchev–Trinajstić information content (AvgIpc) is 3.12. The van der Waals surface area contributed by atoms with E-state index in [1.54, 1.807) is 0 Å². The second-order valence-corrected chi connectivity index (χ2v) is 6.22. The molecule has 2 atom stereocenters. The molecule has 23 heavy (non-hydrogen) atoms. The Hall–Kier alpha value is -2.62. The first-order chi connectivity index (χ1) is 11.2. The third-order valence-corrected chi connectivity index (χ3v) is 5.19. The molecule has 1 spiro atoms. The normalized spacial score (nSPS) is 25.4. The van der Waals surface area contributed by atoms with E-state index in [9.17, 15) is 9.59 Å². The molecule has 116 valence electrons. The number of rotatable bonds is 2. The molecule has 0 unspecified atom stereocenters. The average molecular weight is 306 g/mol. The topological polar surface area (TPSA) is 58.2 Å². The van der Waals surface area contributed by atoms with Gasteiger partial charge in [-0.25, -0.2) is 0 Å². The number of benzene rings is 2. The smallest absolute Gasteiger partial charge is 0.237 e. The number of carbonyl (C=O) groups is 2. The molecule has 2 saturated heterocycles. The van der Waals surface area contributed by atoms with Crippen molar-refractivity contribution >= 4 is 11.8 Å². The molecule has 2 fully saturated rings. The zero-order valence-corrected chi connectivity index (χ0v) is 12.7. The van der Waals surface area contributed by atoms with Crippen molar-refractivity contribution in [1.82, 2.24) is 10.6 Å². The summed E-state index contributed by atoms with van der Waals surface area (Å²) in [6.07, 6.45) is 0. The van der Waals surface area contributed by atoms with Crippen LogP contribution in [0.1, 0.15) is 23.0 Å². The number of hydrogen-bond donors (Lipinski definition) is 2. The molecule has 2 aromatic carbocycles. The van der Waals surface area contributed by atoms with Crippen LogP contribution in [0.5, 0.6) is 0 Å². The lowest BCUT2D eigenvalue weighted by Gasteiger charge is -2.31. The summed E-state index contributed by atoms with van der Waals surface area (Å²) in [6, 6.07) is 19.7. The van der Waals surface area contributed by atoms with Crippen LogP contribution in [-0.2, 0) is 9.59 Å². The Bertz CT molecular complexity index is 677. The molecule has 0 aromatic heterocycles. The van der Waals surface area contributed by atoms with E-state index in [1.807, 2.05) is 60.7 Å². The zero-order valence-electron chi connectivity index (χ0n) is 12.7. The molecule has 0 bridgehead atoms. The highest BCUT2D eigenvalue weighted by atomic mass is 16.2. The second kappa shape index (κ2) is 5.23. The predicted octanol–water partition coefficient (Wildman–Crippen LogP) is 1.80. The van der Waals surface area contributed by atoms with E-state index in [4.69, 9.17) is 0 Å². The number of carbonyl (C=O) groups excluding carboxylic acids is 2. The summed E-state index contributed by atoms with van der Waals surface area (Å²) in [6.45, 7) is 0.999. The lowest BCUT2D eigenvalue weighted by molar-refractivity contribution is -0.139. The van der Waals surface area contributed by atoms with Gasteiger partial charge in [0.15, 0.2) is 0 Å². The van der Waals surface area contributed by atoms with Crippen molar-refractivity contribution < 1.29 is 9.59 Å². The van der Waals surface area contributed by atoms with E-state index in [0.717, 1.165) is 11.1 Å². The van der Waals surface area contributed by atoms with Crippen LogP contribution in [0.2, 0.25) is 0 Å². The van der Waals surface area contributed by atoms with Gasteiger partial charge in [0.2, 0.25) is 11.8 Å². The zero-order chi connectivity index (χ0) is 15.9. The van der Waals surface area contributed by atoms with Crippen molar-refractivity contribution in [2.45, 2.75) is 11.8 Å². The van der Waals surface area contributed by atoms with Gasteiger partial charge in [-0.15, -0.1) is 0 Å². The first kappa shape index (κ1) is 14.0. The predicted molar refractivity (Wildman–Crippen MR) is 86.8 cm³/mol.